The number of nitrogens with zero attached hydrogens (tertiary/aromatic N) is 2. The molecule has 0 unspecified atom stereocenters. The predicted molar refractivity (Wildman–Crippen MR) is 185 cm³/mol. The molecular weight excluding hydrogens is 634 g/mol. The van der Waals surface area contributed by atoms with Gasteiger partial charge in [0.15, 0.2) is 0 Å². The van der Waals surface area contributed by atoms with Gasteiger partial charge in [0.1, 0.15) is 0 Å². The molecule has 49 heavy (non-hydrogen) atoms. The minimum Gasteiger partial charge on any atom is -0.310 e. The van der Waals surface area contributed by atoms with E-state index in [0.29, 0.717) is 33.9 Å². The first kappa shape index (κ1) is 33.4. The lowest BCUT2D eigenvalue weighted by atomic mass is 9.72. The van der Waals surface area contributed by atoms with Crippen molar-refractivity contribution in [2.24, 2.45) is 0 Å². The van der Waals surface area contributed by atoms with Crippen molar-refractivity contribution in [3.63, 3.8) is 0 Å². The molecule has 6 aromatic carbocycles. The van der Waals surface area contributed by atoms with E-state index in [0.717, 1.165) is 24.3 Å². The van der Waals surface area contributed by atoms with Crippen LogP contribution >= 0.6 is 0 Å². The Bertz CT molecular complexity index is 1780. The molecule has 0 aromatic heterocycles. The highest BCUT2D eigenvalue weighted by Crippen LogP contribution is 2.58. The molecule has 0 spiro atoms. The van der Waals surface area contributed by atoms with Crippen molar-refractivity contribution in [2.75, 3.05) is 9.80 Å². The van der Waals surface area contributed by atoms with Gasteiger partial charge in [-0.15, -0.1) is 0 Å². The minimum absolute atomic E-state index is 0.190. The molecule has 0 radical (unpaired) electrons. The van der Waals surface area contributed by atoms with Gasteiger partial charge in [-0.05, 0) is 96.8 Å². The summed E-state index contributed by atoms with van der Waals surface area (Å²) >= 11 is 0. The number of halogens is 6. The maximum atomic E-state index is 15.7. The third-order valence-electron chi connectivity index (χ3n) is 8.67. The second-order valence-corrected chi connectivity index (χ2v) is 11.8. The highest BCUT2D eigenvalue weighted by atomic mass is 19.4. The summed E-state index contributed by atoms with van der Waals surface area (Å²) in [6, 6.07) is 41.9. The monoisotopic (exact) mass is 666 g/mol. The largest absolute Gasteiger partial charge is 0.411 e. The van der Waals surface area contributed by atoms with Crippen LogP contribution in [0.1, 0.15) is 22.3 Å². The molecule has 0 saturated carbocycles. The molecule has 0 atom stereocenters. The van der Waals surface area contributed by atoms with Gasteiger partial charge in [-0.1, -0.05) is 97.1 Å². The maximum absolute atomic E-state index is 15.7. The van der Waals surface area contributed by atoms with Crippen LogP contribution in [0.25, 0.3) is 0 Å². The number of hydrogen-bond acceptors (Lipinski definition) is 2. The van der Waals surface area contributed by atoms with Crippen LogP contribution in [0.2, 0.25) is 0 Å². The Morgan fingerprint density at radius 1 is 0.367 bits per heavy atom. The fraction of sp³-hybridized carbons (Fsp3) is 0.122. The van der Waals surface area contributed by atoms with Gasteiger partial charge in [0.25, 0.3) is 0 Å². The second kappa shape index (κ2) is 13.2. The van der Waals surface area contributed by atoms with Crippen LogP contribution in [-0.4, -0.2) is 12.4 Å². The molecule has 2 nitrogen and oxygen atoms in total. The average Bonchev–Trinajstić information content (AvgIpc) is 3.08. The van der Waals surface area contributed by atoms with E-state index in [1.807, 2.05) is 0 Å². The van der Waals surface area contributed by atoms with E-state index in [-0.39, 0.29) is 11.4 Å². The maximum Gasteiger partial charge on any atom is 0.411 e. The Kier molecular flexibility index (Phi) is 8.99. The summed E-state index contributed by atoms with van der Waals surface area (Å²) in [5, 5.41) is 0. The van der Waals surface area contributed by atoms with Gasteiger partial charge >= 0.3 is 12.4 Å². The standard InChI is InChI=1S/C41H32F6N2/c1-29-23-25-31(27-37(29)48(33-15-7-3-8-16-33)34-17-9-4-10-18-34)39(40(42,43)44,41(45,46)47)32-26-24-30(2)38(28-32)49(35-19-11-5-12-20-35)36-21-13-6-14-22-36/h3-28H,1-2H3. The zero-order valence-corrected chi connectivity index (χ0v) is 26.7. The fourth-order valence-electron chi connectivity index (χ4n) is 6.31. The third kappa shape index (κ3) is 6.15. The van der Waals surface area contributed by atoms with Gasteiger partial charge in [-0.25, -0.2) is 0 Å². The first-order chi connectivity index (χ1) is 23.4. The molecule has 0 aliphatic heterocycles. The van der Waals surface area contributed by atoms with Crippen LogP contribution in [0.15, 0.2) is 158 Å². The van der Waals surface area contributed by atoms with Crippen molar-refractivity contribution in [3.8, 4) is 0 Å². The molecule has 0 N–H and O–H groups in total. The van der Waals surface area contributed by atoms with E-state index in [1.54, 1.807) is 145 Å². The summed E-state index contributed by atoms with van der Waals surface area (Å²) in [7, 11) is 0. The van der Waals surface area contributed by atoms with Crippen molar-refractivity contribution in [1.82, 2.24) is 0 Å². The fourth-order valence-corrected chi connectivity index (χ4v) is 6.31. The van der Waals surface area contributed by atoms with Crippen LogP contribution in [0.3, 0.4) is 0 Å². The van der Waals surface area contributed by atoms with Crippen molar-refractivity contribution in [3.05, 3.63) is 180 Å². The average molecular weight is 667 g/mol. The van der Waals surface area contributed by atoms with Gasteiger partial charge in [0, 0.05) is 34.1 Å². The van der Waals surface area contributed by atoms with Crippen LogP contribution in [0, 0.1) is 13.8 Å². The zero-order valence-electron chi connectivity index (χ0n) is 26.7. The first-order valence-electron chi connectivity index (χ1n) is 15.6. The topological polar surface area (TPSA) is 6.48 Å². The summed E-state index contributed by atoms with van der Waals surface area (Å²) < 4.78 is 93.9. The van der Waals surface area contributed by atoms with E-state index < -0.39 is 28.9 Å². The van der Waals surface area contributed by atoms with E-state index in [1.165, 1.54) is 12.1 Å². The molecule has 0 saturated heterocycles. The Hall–Kier alpha value is -5.50. The molecule has 248 valence electrons. The molecule has 0 aliphatic rings. The Morgan fingerprint density at radius 2 is 0.633 bits per heavy atom. The van der Waals surface area contributed by atoms with Gasteiger partial charge in [0.05, 0.1) is 0 Å². The Balaban J connectivity index is 1.63. The number of alkyl halides is 6. The second-order valence-electron chi connectivity index (χ2n) is 11.8. The summed E-state index contributed by atoms with van der Waals surface area (Å²) in [5.74, 6) is 0. The lowest BCUT2D eigenvalue weighted by Gasteiger charge is -2.40. The molecule has 0 heterocycles. The predicted octanol–water partition coefficient (Wildman–Crippen LogP) is 12.7. The lowest BCUT2D eigenvalue weighted by molar-refractivity contribution is -0.288. The van der Waals surface area contributed by atoms with Gasteiger partial charge in [-0.2, -0.15) is 26.3 Å². The Morgan fingerprint density at radius 3 is 0.878 bits per heavy atom. The van der Waals surface area contributed by atoms with Gasteiger partial charge < -0.3 is 9.80 Å². The third-order valence-corrected chi connectivity index (χ3v) is 8.67. The minimum atomic E-state index is -5.78. The number of hydrogen-bond donors (Lipinski definition) is 0. The number of benzene rings is 6. The van der Waals surface area contributed by atoms with E-state index in [4.69, 9.17) is 0 Å². The molecule has 6 rings (SSSR count). The van der Waals surface area contributed by atoms with Gasteiger partial charge in [0.2, 0.25) is 5.41 Å². The van der Waals surface area contributed by atoms with Crippen molar-refractivity contribution in [1.29, 1.82) is 0 Å². The van der Waals surface area contributed by atoms with Crippen LogP contribution < -0.4 is 9.80 Å². The first-order valence-corrected chi connectivity index (χ1v) is 15.6. The highest BCUT2D eigenvalue weighted by molar-refractivity contribution is 5.81. The molecule has 8 heteroatoms. The van der Waals surface area contributed by atoms with Crippen molar-refractivity contribution < 1.29 is 26.3 Å². The zero-order chi connectivity index (χ0) is 34.8. The summed E-state index contributed by atoms with van der Waals surface area (Å²) in [5.41, 5.74) is -2.55. The van der Waals surface area contributed by atoms with Crippen LogP contribution in [0.5, 0.6) is 0 Å². The summed E-state index contributed by atoms with van der Waals surface area (Å²) in [6.45, 7) is 3.34. The van der Waals surface area contributed by atoms with Crippen LogP contribution in [-0.2, 0) is 5.41 Å². The smallest absolute Gasteiger partial charge is 0.310 e. The van der Waals surface area contributed by atoms with E-state index in [2.05, 4.69) is 0 Å². The molecule has 0 fully saturated rings. The highest BCUT2D eigenvalue weighted by Gasteiger charge is 2.72. The van der Waals surface area contributed by atoms with E-state index in [9.17, 15) is 0 Å². The Labute approximate surface area is 281 Å². The number of aryl methyl sites for hydroxylation is 2. The summed E-state index contributed by atoms with van der Waals surface area (Å²) in [4.78, 5) is 3.34. The van der Waals surface area contributed by atoms with E-state index >= 15 is 26.3 Å². The number of para-hydroxylation sites is 4. The molecule has 0 amide bonds. The van der Waals surface area contributed by atoms with Crippen LogP contribution in [0.4, 0.5) is 60.5 Å². The van der Waals surface area contributed by atoms with Gasteiger partial charge in [-0.3, -0.25) is 0 Å². The van der Waals surface area contributed by atoms with Crippen molar-refractivity contribution >= 4 is 34.1 Å². The lowest BCUT2D eigenvalue weighted by Crippen LogP contribution is -2.54. The van der Waals surface area contributed by atoms with Crippen molar-refractivity contribution in [2.45, 2.75) is 31.6 Å². The number of anilines is 6. The quantitative estimate of drug-likeness (QED) is 0.149. The molecular formula is C41H32F6N2. The molecule has 0 bridgehead atoms. The molecule has 6 aromatic rings. The normalized spacial score (nSPS) is 12.1. The molecule has 0 aliphatic carbocycles. The summed E-state index contributed by atoms with van der Waals surface area (Å²) in [6.07, 6.45) is -11.6. The number of rotatable bonds is 8. The SMILES string of the molecule is Cc1ccc(C(c2ccc(C)c(N(c3ccccc3)c3ccccc3)c2)(C(F)(F)F)C(F)(F)F)cc1N(c1ccccc1)c1ccccc1.